The van der Waals surface area contributed by atoms with Crippen molar-refractivity contribution in [1.82, 2.24) is 0 Å². The predicted octanol–water partition coefficient (Wildman–Crippen LogP) is 2.94. The summed E-state index contributed by atoms with van der Waals surface area (Å²) in [5.74, 6) is -1.40. The van der Waals surface area contributed by atoms with Crippen molar-refractivity contribution in [3.05, 3.63) is 36.4 Å². The van der Waals surface area contributed by atoms with E-state index in [9.17, 15) is 13.6 Å². The Bertz CT molecular complexity index is 432. The van der Waals surface area contributed by atoms with Gasteiger partial charge in [-0.2, -0.15) is 8.78 Å². The third-order valence-corrected chi connectivity index (χ3v) is 1.99. The Hall–Kier alpha value is -2.11. The molecule has 1 N–H and O–H groups in total. The molecule has 0 bridgehead atoms. The molecule has 0 saturated heterocycles. The molecule has 6 heteroatoms. The van der Waals surface area contributed by atoms with Crippen LogP contribution in [0.25, 0.3) is 0 Å². The van der Waals surface area contributed by atoms with E-state index in [1.54, 1.807) is 6.08 Å². The van der Waals surface area contributed by atoms with Gasteiger partial charge in [0.2, 0.25) is 0 Å². The first-order valence-corrected chi connectivity index (χ1v) is 5.10. The highest BCUT2D eigenvalue weighted by Gasteiger charge is 2.14. The summed E-state index contributed by atoms with van der Waals surface area (Å²) in [6.45, 7) is 0.686. The predicted molar refractivity (Wildman–Crippen MR) is 60.3 cm³/mol. The highest BCUT2D eigenvalue weighted by atomic mass is 19.3. The minimum atomic E-state index is -3.00. The number of carboxylic acid groups (broad SMARTS) is 1. The summed E-state index contributed by atoms with van der Waals surface area (Å²) >= 11 is 0. The SMILES string of the molecule is C=CCCOc1cc(C(=O)O)ccc1OC(F)F. The largest absolute Gasteiger partial charge is 0.489 e. The van der Waals surface area contributed by atoms with Crippen molar-refractivity contribution >= 4 is 5.97 Å². The molecule has 1 aromatic carbocycles. The Balaban J connectivity index is 2.93. The van der Waals surface area contributed by atoms with Crippen molar-refractivity contribution in [3.63, 3.8) is 0 Å². The highest BCUT2D eigenvalue weighted by molar-refractivity contribution is 5.88. The van der Waals surface area contributed by atoms with Crippen molar-refractivity contribution in [1.29, 1.82) is 0 Å². The van der Waals surface area contributed by atoms with E-state index in [0.717, 1.165) is 12.1 Å². The Morgan fingerprint density at radius 2 is 2.17 bits per heavy atom. The molecular weight excluding hydrogens is 246 g/mol. The molecule has 0 unspecified atom stereocenters. The van der Waals surface area contributed by atoms with E-state index in [0.29, 0.717) is 6.42 Å². The second-order valence-electron chi connectivity index (χ2n) is 3.27. The number of alkyl halides is 2. The van der Waals surface area contributed by atoms with Gasteiger partial charge in [0, 0.05) is 0 Å². The van der Waals surface area contributed by atoms with E-state index in [4.69, 9.17) is 9.84 Å². The maximum atomic E-state index is 12.1. The zero-order valence-corrected chi connectivity index (χ0v) is 9.44. The van der Waals surface area contributed by atoms with Gasteiger partial charge in [-0.15, -0.1) is 6.58 Å². The number of aromatic carboxylic acids is 1. The lowest BCUT2D eigenvalue weighted by Gasteiger charge is -2.12. The van der Waals surface area contributed by atoms with Crippen LogP contribution in [0.15, 0.2) is 30.9 Å². The molecule has 0 aliphatic rings. The number of benzene rings is 1. The van der Waals surface area contributed by atoms with Crippen LogP contribution in [0, 0.1) is 0 Å². The number of carbonyl (C=O) groups is 1. The van der Waals surface area contributed by atoms with Gasteiger partial charge < -0.3 is 14.6 Å². The van der Waals surface area contributed by atoms with Gasteiger partial charge in [0.15, 0.2) is 11.5 Å². The molecule has 0 radical (unpaired) electrons. The van der Waals surface area contributed by atoms with Crippen LogP contribution in [0.3, 0.4) is 0 Å². The van der Waals surface area contributed by atoms with E-state index in [-0.39, 0.29) is 23.7 Å². The van der Waals surface area contributed by atoms with E-state index in [2.05, 4.69) is 11.3 Å². The van der Waals surface area contributed by atoms with E-state index >= 15 is 0 Å². The summed E-state index contributed by atoms with van der Waals surface area (Å²) in [4.78, 5) is 10.8. The molecule has 0 atom stereocenters. The van der Waals surface area contributed by atoms with Crippen LogP contribution >= 0.6 is 0 Å². The van der Waals surface area contributed by atoms with Gasteiger partial charge in [-0.3, -0.25) is 0 Å². The van der Waals surface area contributed by atoms with Crippen molar-refractivity contribution in [3.8, 4) is 11.5 Å². The van der Waals surface area contributed by atoms with Gasteiger partial charge in [-0.05, 0) is 24.6 Å². The van der Waals surface area contributed by atoms with Crippen LogP contribution in [-0.2, 0) is 0 Å². The monoisotopic (exact) mass is 258 g/mol. The van der Waals surface area contributed by atoms with Crippen LogP contribution in [0.4, 0.5) is 8.78 Å². The number of hydrogen-bond acceptors (Lipinski definition) is 3. The van der Waals surface area contributed by atoms with Crippen LogP contribution in [0.1, 0.15) is 16.8 Å². The number of hydrogen-bond donors (Lipinski definition) is 1. The average molecular weight is 258 g/mol. The first kappa shape index (κ1) is 14.0. The van der Waals surface area contributed by atoms with Gasteiger partial charge in [0.05, 0.1) is 12.2 Å². The fourth-order valence-electron chi connectivity index (χ4n) is 1.20. The molecule has 0 spiro atoms. The molecule has 0 aromatic heterocycles. The average Bonchev–Trinajstić information content (AvgIpc) is 2.30. The molecule has 0 heterocycles. The van der Waals surface area contributed by atoms with Crippen molar-refractivity contribution in [2.45, 2.75) is 13.0 Å². The summed E-state index contributed by atoms with van der Waals surface area (Å²) in [5.41, 5.74) is -0.0646. The molecule has 4 nitrogen and oxygen atoms in total. The Morgan fingerprint density at radius 1 is 1.44 bits per heavy atom. The fourth-order valence-corrected chi connectivity index (χ4v) is 1.20. The molecule has 98 valence electrons. The smallest absolute Gasteiger partial charge is 0.387 e. The van der Waals surface area contributed by atoms with Crippen molar-refractivity contribution in [2.24, 2.45) is 0 Å². The lowest BCUT2D eigenvalue weighted by atomic mass is 10.2. The van der Waals surface area contributed by atoms with Gasteiger partial charge in [-0.1, -0.05) is 6.08 Å². The molecule has 0 aliphatic carbocycles. The number of halogens is 2. The first-order chi connectivity index (χ1) is 8.54. The standard InChI is InChI=1S/C12H12F2O4/c1-2-3-6-17-10-7-8(11(15)16)4-5-9(10)18-12(13)14/h2,4-5,7,12H,1,3,6H2,(H,15,16). The fraction of sp³-hybridized carbons (Fsp3) is 0.250. The second kappa shape index (κ2) is 6.58. The first-order valence-electron chi connectivity index (χ1n) is 5.10. The maximum Gasteiger partial charge on any atom is 0.387 e. The summed E-state index contributed by atoms with van der Waals surface area (Å²) in [6, 6.07) is 3.45. The quantitative estimate of drug-likeness (QED) is 0.603. The number of rotatable bonds is 7. The Kier molecular flexibility index (Phi) is 5.10. The molecule has 0 saturated carbocycles. The van der Waals surface area contributed by atoms with Gasteiger partial charge in [-0.25, -0.2) is 4.79 Å². The van der Waals surface area contributed by atoms with Gasteiger partial charge in [0.1, 0.15) is 0 Å². The Labute approximate surface area is 102 Å². The van der Waals surface area contributed by atoms with Gasteiger partial charge >= 0.3 is 12.6 Å². The number of ether oxygens (including phenoxy) is 2. The van der Waals surface area contributed by atoms with Gasteiger partial charge in [0.25, 0.3) is 0 Å². The summed E-state index contributed by atoms with van der Waals surface area (Å²) in [6.07, 6.45) is 2.10. The van der Waals surface area contributed by atoms with Crippen molar-refractivity contribution < 1.29 is 28.2 Å². The summed E-state index contributed by atoms with van der Waals surface area (Å²) in [7, 11) is 0. The maximum absolute atomic E-state index is 12.1. The zero-order valence-electron chi connectivity index (χ0n) is 9.44. The highest BCUT2D eigenvalue weighted by Crippen LogP contribution is 2.30. The minimum Gasteiger partial charge on any atom is -0.489 e. The lowest BCUT2D eigenvalue weighted by molar-refractivity contribution is -0.0514. The normalized spacial score (nSPS) is 10.2. The van der Waals surface area contributed by atoms with Crippen LogP contribution in [0.5, 0.6) is 11.5 Å². The van der Waals surface area contributed by atoms with Crippen molar-refractivity contribution in [2.75, 3.05) is 6.61 Å². The van der Waals surface area contributed by atoms with E-state index in [1.807, 2.05) is 0 Å². The molecular formula is C12H12F2O4. The topological polar surface area (TPSA) is 55.8 Å². The zero-order chi connectivity index (χ0) is 13.5. The molecule has 18 heavy (non-hydrogen) atoms. The van der Waals surface area contributed by atoms with Crippen LogP contribution in [-0.4, -0.2) is 24.3 Å². The molecule has 0 fully saturated rings. The number of carboxylic acids is 1. The van der Waals surface area contributed by atoms with Crippen LogP contribution < -0.4 is 9.47 Å². The van der Waals surface area contributed by atoms with E-state index < -0.39 is 12.6 Å². The molecule has 1 rings (SSSR count). The Morgan fingerprint density at radius 3 is 2.72 bits per heavy atom. The van der Waals surface area contributed by atoms with Crippen LogP contribution in [0.2, 0.25) is 0 Å². The third-order valence-electron chi connectivity index (χ3n) is 1.99. The molecule has 0 aliphatic heterocycles. The minimum absolute atomic E-state index is 0.0305. The third kappa shape index (κ3) is 4.04. The lowest BCUT2D eigenvalue weighted by Crippen LogP contribution is -2.06. The summed E-state index contributed by atoms with van der Waals surface area (Å²) < 4.78 is 33.7. The molecule has 0 amide bonds. The van der Waals surface area contributed by atoms with E-state index in [1.165, 1.54) is 6.07 Å². The second-order valence-corrected chi connectivity index (χ2v) is 3.27. The summed E-state index contributed by atoms with van der Waals surface area (Å²) in [5, 5.41) is 8.79. The molecule has 1 aromatic rings.